The number of ether oxygens (including phenoxy) is 1. The lowest BCUT2D eigenvalue weighted by Crippen LogP contribution is -2.19. The molecule has 0 unspecified atom stereocenters. The third-order valence-electron chi connectivity index (χ3n) is 4.09. The van der Waals surface area contributed by atoms with Gasteiger partial charge in [0, 0.05) is 24.8 Å². The van der Waals surface area contributed by atoms with E-state index in [1.165, 1.54) is 0 Å². The lowest BCUT2D eigenvalue weighted by molar-refractivity contribution is 0.132. The van der Waals surface area contributed by atoms with Gasteiger partial charge in [0.1, 0.15) is 0 Å². The smallest absolute Gasteiger partial charge is 0.408 e. The van der Waals surface area contributed by atoms with Crippen molar-refractivity contribution in [1.29, 1.82) is 0 Å². The van der Waals surface area contributed by atoms with Gasteiger partial charge in [-0.15, -0.1) is 0 Å². The first kappa shape index (κ1) is 14.4. The minimum Gasteiger partial charge on any atom is -0.439 e. The molecular weight excluding hydrogens is 302 g/mol. The highest BCUT2D eigenvalue weighted by Gasteiger charge is 2.36. The molecule has 1 aliphatic heterocycles. The molecule has 24 heavy (non-hydrogen) atoms. The van der Waals surface area contributed by atoms with Gasteiger partial charge in [-0.3, -0.25) is 9.97 Å². The summed E-state index contributed by atoms with van der Waals surface area (Å²) < 4.78 is 5.47. The predicted molar refractivity (Wildman–Crippen MR) is 89.0 cm³/mol. The summed E-state index contributed by atoms with van der Waals surface area (Å²) in [5.41, 5.74) is 3.99. The Morgan fingerprint density at radius 3 is 2.50 bits per heavy atom. The Hall–Kier alpha value is -3.21. The molecule has 4 rings (SSSR count). The summed E-state index contributed by atoms with van der Waals surface area (Å²) in [6.45, 7) is 0. The number of cyclic esters (lactones) is 1. The summed E-state index contributed by atoms with van der Waals surface area (Å²) in [4.78, 5) is 20.0. The van der Waals surface area contributed by atoms with E-state index in [2.05, 4.69) is 21.4 Å². The van der Waals surface area contributed by atoms with Crippen LogP contribution in [0.4, 0.5) is 4.79 Å². The van der Waals surface area contributed by atoms with Crippen LogP contribution in [0.2, 0.25) is 0 Å². The van der Waals surface area contributed by atoms with Crippen LogP contribution in [-0.2, 0) is 4.74 Å². The van der Waals surface area contributed by atoms with Gasteiger partial charge in [0.25, 0.3) is 0 Å². The van der Waals surface area contributed by atoms with Crippen LogP contribution in [0.3, 0.4) is 0 Å². The zero-order valence-electron chi connectivity index (χ0n) is 12.8. The summed E-state index contributed by atoms with van der Waals surface area (Å²) in [6, 6.07) is 15.5. The molecule has 1 fully saturated rings. The van der Waals surface area contributed by atoms with Gasteiger partial charge >= 0.3 is 6.09 Å². The maximum absolute atomic E-state index is 11.8. The van der Waals surface area contributed by atoms with Gasteiger partial charge in [-0.1, -0.05) is 24.3 Å². The molecule has 1 saturated heterocycles. The number of carbonyl (C=O) groups excluding carboxylic acids is 1. The van der Waals surface area contributed by atoms with Crippen LogP contribution in [0, 0.1) is 0 Å². The SMILES string of the molecule is O=C1N[C@H](c2cccc(-c3cccnc3)c2)[C@@H](c2ccncc2)O1. The van der Waals surface area contributed by atoms with E-state index in [1.807, 2.05) is 48.7 Å². The first-order valence-electron chi connectivity index (χ1n) is 7.69. The minimum atomic E-state index is -0.409. The van der Waals surface area contributed by atoms with E-state index in [9.17, 15) is 4.79 Å². The van der Waals surface area contributed by atoms with Crippen LogP contribution in [0.5, 0.6) is 0 Å². The Kier molecular flexibility index (Phi) is 3.67. The lowest BCUT2D eigenvalue weighted by atomic mass is 9.94. The van der Waals surface area contributed by atoms with Gasteiger partial charge < -0.3 is 10.1 Å². The number of alkyl carbamates (subject to hydrolysis) is 1. The minimum absolute atomic E-state index is 0.239. The van der Waals surface area contributed by atoms with E-state index < -0.39 is 6.09 Å². The second-order valence-electron chi connectivity index (χ2n) is 5.60. The third kappa shape index (κ3) is 2.72. The number of nitrogens with one attached hydrogen (secondary N) is 1. The normalized spacial score (nSPS) is 19.6. The molecule has 3 heterocycles. The van der Waals surface area contributed by atoms with Crippen LogP contribution in [0.25, 0.3) is 11.1 Å². The number of hydrogen-bond acceptors (Lipinski definition) is 4. The van der Waals surface area contributed by atoms with Crippen molar-refractivity contribution < 1.29 is 9.53 Å². The molecular formula is C19H15N3O2. The first-order chi connectivity index (χ1) is 11.8. The van der Waals surface area contributed by atoms with Crippen LogP contribution in [-0.4, -0.2) is 16.1 Å². The molecule has 1 aromatic carbocycles. The molecule has 2 atom stereocenters. The van der Waals surface area contributed by atoms with Crippen molar-refractivity contribution in [2.45, 2.75) is 12.1 Å². The fourth-order valence-corrected chi connectivity index (χ4v) is 2.94. The Bertz CT molecular complexity index is 853. The van der Waals surface area contributed by atoms with E-state index in [-0.39, 0.29) is 12.1 Å². The molecule has 0 radical (unpaired) electrons. The average molecular weight is 317 g/mol. The highest BCUT2D eigenvalue weighted by atomic mass is 16.6. The van der Waals surface area contributed by atoms with E-state index in [0.717, 1.165) is 22.3 Å². The maximum Gasteiger partial charge on any atom is 0.408 e. The maximum atomic E-state index is 11.8. The fraction of sp³-hybridized carbons (Fsp3) is 0.105. The molecule has 1 amide bonds. The number of aromatic nitrogens is 2. The van der Waals surface area contributed by atoms with Crippen molar-refractivity contribution in [2.24, 2.45) is 0 Å². The number of amides is 1. The molecule has 2 aromatic heterocycles. The van der Waals surface area contributed by atoms with E-state index in [0.29, 0.717) is 0 Å². The van der Waals surface area contributed by atoms with Crippen molar-refractivity contribution >= 4 is 6.09 Å². The monoisotopic (exact) mass is 317 g/mol. The average Bonchev–Trinajstić information content (AvgIpc) is 3.05. The highest BCUT2D eigenvalue weighted by Crippen LogP contribution is 2.37. The molecule has 1 N–H and O–H groups in total. The first-order valence-corrected chi connectivity index (χ1v) is 7.69. The Labute approximate surface area is 139 Å². The van der Waals surface area contributed by atoms with Crippen LogP contribution >= 0.6 is 0 Å². The molecule has 5 nitrogen and oxygen atoms in total. The van der Waals surface area contributed by atoms with Gasteiger partial charge in [-0.05, 0) is 46.5 Å². The molecule has 0 spiro atoms. The van der Waals surface area contributed by atoms with Gasteiger partial charge in [-0.2, -0.15) is 0 Å². The number of rotatable bonds is 3. The molecule has 0 aliphatic carbocycles. The van der Waals surface area contributed by atoms with E-state index in [1.54, 1.807) is 18.6 Å². The molecule has 0 bridgehead atoms. The topological polar surface area (TPSA) is 64.1 Å². The molecule has 3 aromatic rings. The lowest BCUT2D eigenvalue weighted by Gasteiger charge is -2.18. The number of carbonyl (C=O) groups is 1. The third-order valence-corrected chi connectivity index (χ3v) is 4.09. The Balaban J connectivity index is 1.71. The fourth-order valence-electron chi connectivity index (χ4n) is 2.94. The molecule has 1 aliphatic rings. The van der Waals surface area contributed by atoms with Crippen molar-refractivity contribution in [3.8, 4) is 11.1 Å². The summed E-state index contributed by atoms with van der Waals surface area (Å²) >= 11 is 0. The van der Waals surface area contributed by atoms with Crippen molar-refractivity contribution in [3.05, 3.63) is 84.4 Å². The van der Waals surface area contributed by atoms with Crippen molar-refractivity contribution in [1.82, 2.24) is 15.3 Å². The van der Waals surface area contributed by atoms with Gasteiger partial charge in [0.05, 0.1) is 6.04 Å². The van der Waals surface area contributed by atoms with Crippen molar-refractivity contribution in [2.75, 3.05) is 0 Å². The molecule has 118 valence electrons. The number of hydrogen-bond donors (Lipinski definition) is 1. The number of nitrogens with zero attached hydrogens (tertiary/aromatic N) is 2. The number of benzene rings is 1. The summed E-state index contributed by atoms with van der Waals surface area (Å²) in [6.07, 6.45) is 6.19. The summed E-state index contributed by atoms with van der Waals surface area (Å²) in [5.74, 6) is 0. The summed E-state index contributed by atoms with van der Waals surface area (Å²) in [5, 5.41) is 2.90. The van der Waals surface area contributed by atoms with Gasteiger partial charge in [0.15, 0.2) is 6.10 Å². The summed E-state index contributed by atoms with van der Waals surface area (Å²) in [7, 11) is 0. The zero-order chi connectivity index (χ0) is 16.4. The van der Waals surface area contributed by atoms with E-state index in [4.69, 9.17) is 4.74 Å². The zero-order valence-corrected chi connectivity index (χ0v) is 12.8. The van der Waals surface area contributed by atoms with E-state index >= 15 is 0 Å². The van der Waals surface area contributed by atoms with Crippen LogP contribution in [0.1, 0.15) is 23.3 Å². The second-order valence-corrected chi connectivity index (χ2v) is 5.60. The molecule has 5 heteroatoms. The van der Waals surface area contributed by atoms with Crippen LogP contribution in [0.15, 0.2) is 73.3 Å². The predicted octanol–water partition coefficient (Wildman–Crippen LogP) is 3.67. The van der Waals surface area contributed by atoms with Crippen LogP contribution < -0.4 is 5.32 Å². The number of pyridine rings is 2. The van der Waals surface area contributed by atoms with Crippen molar-refractivity contribution in [3.63, 3.8) is 0 Å². The largest absolute Gasteiger partial charge is 0.439 e. The van der Waals surface area contributed by atoms with Gasteiger partial charge in [0.2, 0.25) is 0 Å². The van der Waals surface area contributed by atoms with Gasteiger partial charge in [-0.25, -0.2) is 4.79 Å². The second kappa shape index (κ2) is 6.12. The quantitative estimate of drug-likeness (QED) is 0.800. The Morgan fingerprint density at radius 1 is 0.875 bits per heavy atom. The Morgan fingerprint density at radius 2 is 1.71 bits per heavy atom. The molecule has 0 saturated carbocycles. The highest BCUT2D eigenvalue weighted by molar-refractivity contribution is 5.72. The standard InChI is InChI=1S/C19H15N3O2/c23-19-22-17(18(24-19)13-6-9-20-10-7-13)15-4-1-3-14(11-15)16-5-2-8-21-12-16/h1-12,17-18H,(H,22,23)/t17-,18-/m1/s1.